The van der Waals surface area contributed by atoms with Gasteiger partial charge in [0.2, 0.25) is 0 Å². The van der Waals surface area contributed by atoms with Gasteiger partial charge in [-0.1, -0.05) is 31.9 Å². The van der Waals surface area contributed by atoms with Gasteiger partial charge in [-0.2, -0.15) is 8.78 Å². The topological polar surface area (TPSA) is 21.3 Å². The second-order valence-corrected chi connectivity index (χ2v) is 5.64. The molecule has 1 aromatic rings. The van der Waals surface area contributed by atoms with Crippen molar-refractivity contribution in [2.45, 2.75) is 45.8 Å². The third kappa shape index (κ3) is 4.46. The largest absolute Gasteiger partial charge is 0.435 e. The molecule has 0 unspecified atom stereocenters. The first-order valence-corrected chi connectivity index (χ1v) is 6.82. The van der Waals surface area contributed by atoms with Crippen LogP contribution in [0, 0.1) is 5.41 Å². The summed E-state index contributed by atoms with van der Waals surface area (Å²) in [5, 5.41) is 3.46. The number of benzene rings is 1. The van der Waals surface area contributed by atoms with Crippen LogP contribution in [0.1, 0.15) is 38.2 Å². The molecule has 1 aliphatic carbocycles. The molecule has 1 aliphatic rings. The van der Waals surface area contributed by atoms with Gasteiger partial charge in [-0.05, 0) is 36.0 Å². The van der Waals surface area contributed by atoms with Crippen molar-refractivity contribution in [2.75, 3.05) is 6.54 Å². The van der Waals surface area contributed by atoms with Crippen molar-refractivity contribution in [1.29, 1.82) is 0 Å². The number of nitrogens with one attached hydrogen (secondary N) is 1. The minimum atomic E-state index is -2.76. The maximum atomic E-state index is 12.0. The molecule has 1 fully saturated rings. The summed E-state index contributed by atoms with van der Waals surface area (Å²) in [6, 6.07) is 6.81. The highest BCUT2D eigenvalue weighted by atomic mass is 19.3. The molecule has 0 amide bonds. The van der Waals surface area contributed by atoms with Gasteiger partial charge in [0, 0.05) is 13.1 Å². The SMILES string of the molecule is CC1(CNCc2ccc(OC(F)F)cc2)CCCC1. The molecule has 0 bridgehead atoms. The summed E-state index contributed by atoms with van der Waals surface area (Å²) in [4.78, 5) is 0. The van der Waals surface area contributed by atoms with Crippen molar-refractivity contribution in [1.82, 2.24) is 5.32 Å². The molecule has 2 nitrogen and oxygen atoms in total. The van der Waals surface area contributed by atoms with Gasteiger partial charge in [0.25, 0.3) is 0 Å². The van der Waals surface area contributed by atoms with Crippen molar-refractivity contribution in [3.8, 4) is 5.75 Å². The van der Waals surface area contributed by atoms with E-state index in [1.165, 1.54) is 25.7 Å². The molecule has 1 N–H and O–H groups in total. The minimum Gasteiger partial charge on any atom is -0.435 e. The summed E-state index contributed by atoms with van der Waals surface area (Å²) < 4.78 is 28.3. The van der Waals surface area contributed by atoms with Gasteiger partial charge in [-0.25, -0.2) is 0 Å². The Balaban J connectivity index is 1.76. The van der Waals surface area contributed by atoms with Gasteiger partial charge in [-0.3, -0.25) is 0 Å². The Hall–Kier alpha value is -1.16. The molecule has 4 heteroatoms. The molecule has 0 radical (unpaired) electrons. The molecule has 0 saturated heterocycles. The molecule has 0 heterocycles. The van der Waals surface area contributed by atoms with E-state index in [9.17, 15) is 8.78 Å². The van der Waals surface area contributed by atoms with Gasteiger partial charge in [-0.15, -0.1) is 0 Å². The fourth-order valence-corrected chi connectivity index (χ4v) is 2.70. The lowest BCUT2D eigenvalue weighted by atomic mass is 9.89. The van der Waals surface area contributed by atoms with Crippen LogP contribution < -0.4 is 10.1 Å². The maximum Gasteiger partial charge on any atom is 0.387 e. The van der Waals surface area contributed by atoms with E-state index in [2.05, 4.69) is 17.0 Å². The fourth-order valence-electron chi connectivity index (χ4n) is 2.70. The van der Waals surface area contributed by atoms with Crippen LogP contribution in [-0.4, -0.2) is 13.2 Å². The number of rotatable bonds is 6. The van der Waals surface area contributed by atoms with E-state index in [-0.39, 0.29) is 5.75 Å². The fraction of sp³-hybridized carbons (Fsp3) is 0.600. The second-order valence-electron chi connectivity index (χ2n) is 5.64. The smallest absolute Gasteiger partial charge is 0.387 e. The normalized spacial score (nSPS) is 17.9. The van der Waals surface area contributed by atoms with Crippen molar-refractivity contribution >= 4 is 0 Å². The zero-order valence-electron chi connectivity index (χ0n) is 11.3. The van der Waals surface area contributed by atoms with E-state index in [1.807, 2.05) is 12.1 Å². The van der Waals surface area contributed by atoms with Gasteiger partial charge in [0.05, 0.1) is 0 Å². The summed E-state index contributed by atoms with van der Waals surface area (Å²) in [6.45, 7) is 1.35. The second kappa shape index (κ2) is 6.33. The summed E-state index contributed by atoms with van der Waals surface area (Å²) in [7, 11) is 0. The number of halogens is 2. The van der Waals surface area contributed by atoms with E-state index in [0.29, 0.717) is 5.41 Å². The van der Waals surface area contributed by atoms with Crippen molar-refractivity contribution < 1.29 is 13.5 Å². The lowest BCUT2D eigenvalue weighted by Crippen LogP contribution is -2.29. The standard InChI is InChI=1S/C15H21F2NO/c1-15(8-2-3-9-15)11-18-10-12-4-6-13(7-5-12)19-14(16)17/h4-7,14,18H,2-3,8-11H2,1H3. The van der Waals surface area contributed by atoms with E-state index in [1.54, 1.807) is 12.1 Å². The van der Waals surface area contributed by atoms with Gasteiger partial charge >= 0.3 is 6.61 Å². The van der Waals surface area contributed by atoms with Crippen molar-refractivity contribution in [3.63, 3.8) is 0 Å². The Morgan fingerprint density at radius 2 is 1.84 bits per heavy atom. The average Bonchev–Trinajstić information content (AvgIpc) is 2.78. The quantitative estimate of drug-likeness (QED) is 0.844. The molecule has 106 valence electrons. The summed E-state index contributed by atoms with van der Waals surface area (Å²) in [6.07, 6.45) is 5.25. The van der Waals surface area contributed by atoms with Crippen LogP contribution in [0.5, 0.6) is 5.75 Å². The monoisotopic (exact) mass is 269 g/mol. The molecule has 2 rings (SSSR count). The first-order chi connectivity index (χ1) is 9.07. The van der Waals surface area contributed by atoms with Crippen LogP contribution in [0.4, 0.5) is 8.78 Å². The first kappa shape index (κ1) is 14.3. The highest BCUT2D eigenvalue weighted by molar-refractivity contribution is 5.27. The Morgan fingerprint density at radius 3 is 2.42 bits per heavy atom. The Bertz CT molecular complexity index is 386. The molecule has 0 spiro atoms. The number of ether oxygens (including phenoxy) is 1. The molecule has 0 aliphatic heterocycles. The van der Waals surface area contributed by atoms with Crippen LogP contribution in [-0.2, 0) is 6.54 Å². The Morgan fingerprint density at radius 1 is 1.21 bits per heavy atom. The number of hydrogen-bond donors (Lipinski definition) is 1. The zero-order valence-corrected chi connectivity index (χ0v) is 11.3. The summed E-state index contributed by atoms with van der Waals surface area (Å²) >= 11 is 0. The first-order valence-electron chi connectivity index (χ1n) is 6.82. The molecular formula is C15H21F2NO. The predicted molar refractivity (Wildman–Crippen MR) is 71.4 cm³/mol. The van der Waals surface area contributed by atoms with Crippen molar-refractivity contribution in [2.24, 2.45) is 5.41 Å². The molecule has 0 atom stereocenters. The lowest BCUT2D eigenvalue weighted by molar-refractivity contribution is -0.0498. The predicted octanol–water partition coefficient (Wildman–Crippen LogP) is 3.96. The van der Waals surface area contributed by atoms with E-state index in [0.717, 1.165) is 18.7 Å². The Labute approximate surface area is 113 Å². The summed E-state index contributed by atoms with van der Waals surface area (Å²) in [5.74, 6) is 0.210. The maximum absolute atomic E-state index is 12.0. The van der Waals surface area contributed by atoms with E-state index >= 15 is 0 Å². The molecule has 1 aromatic carbocycles. The summed E-state index contributed by atoms with van der Waals surface area (Å²) in [5.41, 5.74) is 1.52. The molecule has 0 aromatic heterocycles. The van der Waals surface area contributed by atoms with Crippen LogP contribution in [0.15, 0.2) is 24.3 Å². The van der Waals surface area contributed by atoms with Crippen LogP contribution in [0.2, 0.25) is 0 Å². The van der Waals surface area contributed by atoms with Crippen molar-refractivity contribution in [3.05, 3.63) is 29.8 Å². The molecular weight excluding hydrogens is 248 g/mol. The minimum absolute atomic E-state index is 0.210. The van der Waals surface area contributed by atoms with Gasteiger partial charge in [0.15, 0.2) is 0 Å². The van der Waals surface area contributed by atoms with Crippen LogP contribution >= 0.6 is 0 Å². The van der Waals surface area contributed by atoms with Crippen LogP contribution in [0.25, 0.3) is 0 Å². The highest BCUT2D eigenvalue weighted by Gasteiger charge is 2.27. The third-order valence-electron chi connectivity index (χ3n) is 3.84. The molecule has 1 saturated carbocycles. The number of hydrogen-bond acceptors (Lipinski definition) is 2. The van der Waals surface area contributed by atoms with Gasteiger partial charge < -0.3 is 10.1 Å². The highest BCUT2D eigenvalue weighted by Crippen LogP contribution is 2.36. The van der Waals surface area contributed by atoms with Gasteiger partial charge in [0.1, 0.15) is 5.75 Å². The van der Waals surface area contributed by atoms with E-state index < -0.39 is 6.61 Å². The average molecular weight is 269 g/mol. The molecule has 19 heavy (non-hydrogen) atoms. The Kier molecular flexibility index (Phi) is 4.75. The lowest BCUT2D eigenvalue weighted by Gasteiger charge is -2.23. The third-order valence-corrected chi connectivity index (χ3v) is 3.84. The van der Waals surface area contributed by atoms with Crippen LogP contribution in [0.3, 0.4) is 0 Å². The number of alkyl halides is 2. The zero-order chi connectivity index (χ0) is 13.7. The van der Waals surface area contributed by atoms with E-state index in [4.69, 9.17) is 0 Å².